The van der Waals surface area contributed by atoms with Crippen molar-refractivity contribution in [1.82, 2.24) is 14.9 Å². The Morgan fingerprint density at radius 3 is 1.93 bits per heavy atom. The minimum absolute atomic E-state index is 0.250. The van der Waals surface area contributed by atoms with Crippen molar-refractivity contribution in [3.63, 3.8) is 0 Å². The first kappa shape index (κ1) is 32.8. The number of carboxylic acid groups (broad SMARTS) is 2. The quantitative estimate of drug-likeness (QED) is 0.196. The van der Waals surface area contributed by atoms with Crippen LogP contribution in [0, 0.1) is 16.7 Å². The SMILES string of the molecule is CC(C)(C)C(NC(=O)C(CC(=O)O)n1ccc(-c2ccc(-c3ccc(C#N)cc3)cc2)c1)C(=O)Nc1ccncc1.O=CO. The Balaban J connectivity index is 0.00000169. The molecule has 2 heterocycles. The van der Waals surface area contributed by atoms with E-state index in [-0.39, 0.29) is 6.47 Å². The number of nitriles is 1. The molecule has 0 spiro atoms. The average Bonchev–Trinajstić information content (AvgIpc) is 3.49. The second kappa shape index (κ2) is 14.9. The van der Waals surface area contributed by atoms with Gasteiger partial charge in [0.05, 0.1) is 18.1 Å². The standard InChI is InChI=1S/C32H31N5O4.CH2O2/c1-32(2,3)29(31(41)35-26-12-15-34-16-13-26)36-30(40)27(18-28(38)39)37-17-14-25(20-37)24-10-8-23(9-11-24)22-6-4-21(19-33)5-7-22;2-1-3/h4-17,20,27,29H,18H2,1-3H3,(H,36,40)(H,38,39)(H,34,35,41);1H,(H,2,3). The third kappa shape index (κ3) is 8.87. The Hall–Kier alpha value is -5.76. The number of pyridine rings is 1. The van der Waals surface area contributed by atoms with Gasteiger partial charge in [0.2, 0.25) is 11.8 Å². The van der Waals surface area contributed by atoms with E-state index in [0.717, 1.165) is 22.3 Å². The van der Waals surface area contributed by atoms with E-state index in [0.29, 0.717) is 11.3 Å². The van der Waals surface area contributed by atoms with Gasteiger partial charge < -0.3 is 25.4 Å². The van der Waals surface area contributed by atoms with E-state index in [9.17, 15) is 19.5 Å². The highest BCUT2D eigenvalue weighted by Crippen LogP contribution is 2.28. The van der Waals surface area contributed by atoms with Gasteiger partial charge in [0.1, 0.15) is 12.1 Å². The van der Waals surface area contributed by atoms with Gasteiger partial charge in [-0.2, -0.15) is 5.26 Å². The fourth-order valence-electron chi connectivity index (χ4n) is 4.43. The molecule has 11 nitrogen and oxygen atoms in total. The summed E-state index contributed by atoms with van der Waals surface area (Å²) in [5.41, 5.74) is 4.14. The van der Waals surface area contributed by atoms with Gasteiger partial charge in [0.25, 0.3) is 6.47 Å². The van der Waals surface area contributed by atoms with E-state index in [2.05, 4.69) is 21.7 Å². The molecule has 0 bridgehead atoms. The minimum Gasteiger partial charge on any atom is -0.483 e. The zero-order chi connectivity index (χ0) is 32.3. The van der Waals surface area contributed by atoms with Gasteiger partial charge in [0.15, 0.2) is 0 Å². The Bertz CT molecular complexity index is 1620. The Kier molecular flexibility index (Phi) is 11.1. The van der Waals surface area contributed by atoms with Gasteiger partial charge in [-0.25, -0.2) is 0 Å². The number of hydrogen-bond donors (Lipinski definition) is 4. The fraction of sp³-hybridized carbons (Fsp3) is 0.212. The third-order valence-electron chi connectivity index (χ3n) is 6.67. The summed E-state index contributed by atoms with van der Waals surface area (Å²) in [6.45, 7) is 5.22. The molecule has 4 N–H and O–H groups in total. The highest BCUT2D eigenvalue weighted by Gasteiger charge is 2.35. The molecule has 2 unspecified atom stereocenters. The molecule has 226 valence electrons. The van der Waals surface area contributed by atoms with Crippen molar-refractivity contribution in [2.45, 2.75) is 39.3 Å². The first-order valence-electron chi connectivity index (χ1n) is 13.6. The van der Waals surface area contributed by atoms with Gasteiger partial charge in [-0.15, -0.1) is 0 Å². The number of aliphatic carboxylic acids is 1. The van der Waals surface area contributed by atoms with Gasteiger partial charge >= 0.3 is 5.97 Å². The van der Waals surface area contributed by atoms with E-state index in [1.54, 1.807) is 53.6 Å². The Labute approximate surface area is 254 Å². The molecule has 0 aliphatic heterocycles. The second-order valence-electron chi connectivity index (χ2n) is 10.9. The number of nitrogens with one attached hydrogen (secondary N) is 2. The molecule has 2 aromatic carbocycles. The monoisotopic (exact) mass is 595 g/mol. The number of carboxylic acids is 1. The van der Waals surface area contributed by atoms with Crippen LogP contribution in [-0.4, -0.2) is 50.1 Å². The molecule has 2 amide bonds. The molecule has 0 radical (unpaired) electrons. The Morgan fingerprint density at radius 2 is 1.43 bits per heavy atom. The summed E-state index contributed by atoms with van der Waals surface area (Å²) in [5, 5.41) is 31.1. The number of carbonyl (C=O) groups is 4. The van der Waals surface area contributed by atoms with Gasteiger partial charge in [-0.1, -0.05) is 57.2 Å². The lowest BCUT2D eigenvalue weighted by Crippen LogP contribution is -2.53. The molecule has 44 heavy (non-hydrogen) atoms. The number of rotatable bonds is 9. The Morgan fingerprint density at radius 1 is 0.909 bits per heavy atom. The maximum absolute atomic E-state index is 13.5. The summed E-state index contributed by atoms with van der Waals surface area (Å²) in [6, 6.07) is 20.3. The molecule has 0 fully saturated rings. The van der Waals surface area contributed by atoms with Crippen molar-refractivity contribution in [1.29, 1.82) is 5.26 Å². The summed E-state index contributed by atoms with van der Waals surface area (Å²) in [7, 11) is 0. The van der Waals surface area contributed by atoms with Gasteiger partial charge in [0, 0.05) is 30.5 Å². The number of benzene rings is 2. The lowest BCUT2D eigenvalue weighted by atomic mass is 9.85. The van der Waals surface area contributed by atoms with Crippen LogP contribution in [0.1, 0.15) is 38.8 Å². The van der Waals surface area contributed by atoms with Crippen LogP contribution in [0.5, 0.6) is 0 Å². The van der Waals surface area contributed by atoms with Crippen molar-refractivity contribution in [2.24, 2.45) is 5.41 Å². The summed E-state index contributed by atoms with van der Waals surface area (Å²) < 4.78 is 1.56. The highest BCUT2D eigenvalue weighted by atomic mass is 16.4. The molecule has 0 saturated carbocycles. The number of amides is 2. The van der Waals surface area contributed by atoms with Crippen molar-refractivity contribution in [3.05, 3.63) is 97.1 Å². The lowest BCUT2D eigenvalue weighted by Gasteiger charge is -2.31. The van der Waals surface area contributed by atoms with Crippen LogP contribution in [0.25, 0.3) is 22.3 Å². The predicted molar refractivity (Wildman–Crippen MR) is 164 cm³/mol. The summed E-state index contributed by atoms with van der Waals surface area (Å²) in [6.07, 6.45) is 6.04. The van der Waals surface area contributed by atoms with E-state index >= 15 is 0 Å². The van der Waals surface area contributed by atoms with E-state index in [1.165, 1.54) is 0 Å². The number of aromatic nitrogens is 2. The number of carbonyl (C=O) groups excluding carboxylic acids is 2. The zero-order valence-corrected chi connectivity index (χ0v) is 24.5. The van der Waals surface area contributed by atoms with Crippen LogP contribution in [0.2, 0.25) is 0 Å². The first-order valence-corrected chi connectivity index (χ1v) is 13.6. The number of hydrogen-bond acceptors (Lipinski definition) is 6. The molecule has 0 aliphatic carbocycles. The fourth-order valence-corrected chi connectivity index (χ4v) is 4.43. The smallest absolute Gasteiger partial charge is 0.306 e. The van der Waals surface area contributed by atoms with Crippen molar-refractivity contribution >= 4 is 29.9 Å². The van der Waals surface area contributed by atoms with Crippen LogP contribution >= 0.6 is 0 Å². The third-order valence-corrected chi connectivity index (χ3v) is 6.67. The molecule has 2 aromatic heterocycles. The van der Waals surface area contributed by atoms with E-state index < -0.39 is 41.7 Å². The number of anilines is 1. The van der Waals surface area contributed by atoms with Crippen LogP contribution in [-0.2, 0) is 19.2 Å². The molecule has 0 aliphatic rings. The molecule has 11 heteroatoms. The van der Waals surface area contributed by atoms with Crippen LogP contribution in [0.3, 0.4) is 0 Å². The molecule has 4 aromatic rings. The highest BCUT2D eigenvalue weighted by molar-refractivity contribution is 5.98. The van der Waals surface area contributed by atoms with Gasteiger partial charge in [-0.3, -0.25) is 24.2 Å². The van der Waals surface area contributed by atoms with Crippen LogP contribution < -0.4 is 10.6 Å². The second-order valence-corrected chi connectivity index (χ2v) is 10.9. The largest absolute Gasteiger partial charge is 0.483 e. The summed E-state index contributed by atoms with van der Waals surface area (Å²) in [4.78, 5) is 50.7. The van der Waals surface area contributed by atoms with Crippen molar-refractivity contribution < 1.29 is 29.4 Å². The first-order chi connectivity index (χ1) is 21.0. The van der Waals surface area contributed by atoms with Crippen LogP contribution in [0.4, 0.5) is 5.69 Å². The maximum Gasteiger partial charge on any atom is 0.306 e. The maximum atomic E-state index is 13.5. The molecular weight excluding hydrogens is 562 g/mol. The predicted octanol–water partition coefficient (Wildman–Crippen LogP) is 4.97. The average molecular weight is 596 g/mol. The van der Waals surface area contributed by atoms with E-state index in [1.807, 2.05) is 63.2 Å². The zero-order valence-electron chi connectivity index (χ0n) is 24.5. The molecule has 2 atom stereocenters. The van der Waals surface area contributed by atoms with Crippen molar-refractivity contribution in [2.75, 3.05) is 5.32 Å². The molecule has 0 saturated heterocycles. The summed E-state index contributed by atoms with van der Waals surface area (Å²) >= 11 is 0. The normalized spacial score (nSPS) is 12.0. The summed E-state index contributed by atoms with van der Waals surface area (Å²) in [5.74, 6) is -2.13. The topological polar surface area (TPSA) is 174 Å². The molecular formula is C33H33N5O6. The lowest BCUT2D eigenvalue weighted by molar-refractivity contribution is -0.141. The van der Waals surface area contributed by atoms with Crippen LogP contribution in [0.15, 0.2) is 91.5 Å². The van der Waals surface area contributed by atoms with Gasteiger partial charge in [-0.05, 0) is 58.0 Å². The van der Waals surface area contributed by atoms with E-state index in [4.69, 9.17) is 15.2 Å². The minimum atomic E-state index is -1.14. The molecule has 4 rings (SSSR count). The number of nitrogens with zero attached hydrogens (tertiary/aromatic N) is 3. The van der Waals surface area contributed by atoms with Crippen molar-refractivity contribution in [3.8, 4) is 28.3 Å².